The van der Waals surface area contributed by atoms with Crippen molar-refractivity contribution in [2.24, 2.45) is 10.7 Å². The van der Waals surface area contributed by atoms with Gasteiger partial charge in [0, 0.05) is 11.3 Å². The number of nitrogens with zero attached hydrogens (tertiary/aromatic N) is 1. The van der Waals surface area contributed by atoms with Gasteiger partial charge in [0.15, 0.2) is 5.96 Å². The van der Waals surface area contributed by atoms with Crippen molar-refractivity contribution in [2.75, 3.05) is 12.4 Å². The van der Waals surface area contributed by atoms with Crippen LogP contribution in [-0.4, -0.2) is 19.2 Å². The number of methoxy groups -OCH3 is 1. The van der Waals surface area contributed by atoms with Crippen molar-refractivity contribution < 1.29 is 9.47 Å². The topological polar surface area (TPSA) is 68.9 Å². The van der Waals surface area contributed by atoms with Crippen molar-refractivity contribution >= 4 is 35.6 Å². The molecule has 0 fully saturated rings. The molecular weight excluding hydrogens is 429 g/mol. The summed E-state index contributed by atoms with van der Waals surface area (Å²) in [6.45, 7) is 6.51. The molecule has 0 radical (unpaired) electrons. The Balaban J connectivity index is 0.00000312. The van der Waals surface area contributed by atoms with Gasteiger partial charge in [-0.3, -0.25) is 0 Å². The molecule has 0 amide bonds. The maximum absolute atomic E-state index is 5.97. The zero-order valence-electron chi connectivity index (χ0n) is 15.1. The highest BCUT2D eigenvalue weighted by molar-refractivity contribution is 14.0. The van der Waals surface area contributed by atoms with Crippen LogP contribution in [0.1, 0.15) is 25.0 Å². The van der Waals surface area contributed by atoms with Crippen LogP contribution < -0.4 is 20.5 Å². The molecule has 0 aliphatic rings. The molecule has 25 heavy (non-hydrogen) atoms. The van der Waals surface area contributed by atoms with Gasteiger partial charge in [-0.25, -0.2) is 4.99 Å². The molecular formula is C19H26IN3O2. The van der Waals surface area contributed by atoms with Crippen LogP contribution in [-0.2, 0) is 6.54 Å². The van der Waals surface area contributed by atoms with Crippen LogP contribution in [0.3, 0.4) is 0 Å². The summed E-state index contributed by atoms with van der Waals surface area (Å²) in [7, 11) is 1.64. The maximum Gasteiger partial charge on any atom is 0.193 e. The van der Waals surface area contributed by atoms with E-state index in [1.807, 2.05) is 63.2 Å². The number of rotatable bonds is 6. The maximum atomic E-state index is 5.97. The summed E-state index contributed by atoms with van der Waals surface area (Å²) in [5.74, 6) is 2.01. The third kappa shape index (κ3) is 6.81. The second-order valence-corrected chi connectivity index (χ2v) is 5.83. The van der Waals surface area contributed by atoms with Gasteiger partial charge in [-0.2, -0.15) is 0 Å². The van der Waals surface area contributed by atoms with E-state index in [4.69, 9.17) is 15.2 Å². The van der Waals surface area contributed by atoms with E-state index in [1.54, 1.807) is 7.11 Å². The van der Waals surface area contributed by atoms with Crippen molar-refractivity contribution in [3.05, 3.63) is 53.6 Å². The Kier molecular flexibility index (Phi) is 8.54. The first-order valence-electron chi connectivity index (χ1n) is 7.95. The molecule has 2 aromatic rings. The third-order valence-corrected chi connectivity index (χ3v) is 3.37. The van der Waals surface area contributed by atoms with E-state index in [-0.39, 0.29) is 30.1 Å². The number of guanidine groups is 1. The Morgan fingerprint density at radius 1 is 1.16 bits per heavy atom. The highest BCUT2D eigenvalue weighted by atomic mass is 127. The molecule has 2 aromatic carbocycles. The van der Waals surface area contributed by atoms with Gasteiger partial charge in [-0.1, -0.05) is 12.1 Å². The van der Waals surface area contributed by atoms with Crippen LogP contribution in [0, 0.1) is 6.92 Å². The number of halogens is 1. The molecule has 0 aliphatic carbocycles. The fraction of sp³-hybridized carbons (Fsp3) is 0.316. The van der Waals surface area contributed by atoms with Crippen molar-refractivity contribution in [3.8, 4) is 11.5 Å². The van der Waals surface area contributed by atoms with Crippen LogP contribution in [0.5, 0.6) is 11.5 Å². The highest BCUT2D eigenvalue weighted by Gasteiger charge is 2.06. The van der Waals surface area contributed by atoms with E-state index in [0.717, 1.165) is 28.3 Å². The Labute approximate surface area is 166 Å². The lowest BCUT2D eigenvalue weighted by atomic mass is 10.1. The summed E-state index contributed by atoms with van der Waals surface area (Å²) in [5.41, 5.74) is 9.00. The van der Waals surface area contributed by atoms with E-state index in [2.05, 4.69) is 10.3 Å². The number of ether oxygens (including phenoxy) is 2. The standard InChI is InChI=1S/C19H25N3O2.HI/c1-13(2)24-18-11-14(3)5-6-15(18)12-21-19(20)22-16-7-9-17(23-4)10-8-16;/h5-11,13H,12H2,1-4H3,(H3,20,21,22);1H. The highest BCUT2D eigenvalue weighted by Crippen LogP contribution is 2.22. The monoisotopic (exact) mass is 455 g/mol. The second kappa shape index (κ2) is 10.1. The molecule has 2 rings (SSSR count). The summed E-state index contributed by atoms with van der Waals surface area (Å²) >= 11 is 0. The number of nitrogens with one attached hydrogen (secondary N) is 1. The average molecular weight is 455 g/mol. The number of hydrogen-bond acceptors (Lipinski definition) is 3. The minimum Gasteiger partial charge on any atom is -0.497 e. The van der Waals surface area contributed by atoms with Gasteiger partial charge in [-0.05, 0) is 56.7 Å². The predicted octanol–water partition coefficient (Wildman–Crippen LogP) is 4.34. The molecule has 0 bridgehead atoms. The smallest absolute Gasteiger partial charge is 0.193 e. The second-order valence-electron chi connectivity index (χ2n) is 5.83. The van der Waals surface area contributed by atoms with Gasteiger partial charge in [0.05, 0.1) is 19.8 Å². The number of aliphatic imine (C=N–C) groups is 1. The number of aryl methyl sites for hydroxylation is 1. The molecule has 0 saturated carbocycles. The van der Waals surface area contributed by atoms with E-state index in [9.17, 15) is 0 Å². The van der Waals surface area contributed by atoms with E-state index < -0.39 is 0 Å². The first-order chi connectivity index (χ1) is 11.5. The zero-order chi connectivity index (χ0) is 17.5. The van der Waals surface area contributed by atoms with Gasteiger partial charge in [0.25, 0.3) is 0 Å². The molecule has 3 N–H and O–H groups in total. The summed E-state index contributed by atoms with van der Waals surface area (Å²) in [6, 6.07) is 13.6. The SMILES string of the molecule is COc1ccc(NC(N)=NCc2ccc(C)cc2OC(C)C)cc1.I. The largest absolute Gasteiger partial charge is 0.497 e. The van der Waals surface area contributed by atoms with E-state index in [1.165, 1.54) is 0 Å². The number of nitrogens with two attached hydrogens (primary N) is 1. The molecule has 0 spiro atoms. The quantitative estimate of drug-likeness (QED) is 0.387. The molecule has 5 nitrogen and oxygen atoms in total. The third-order valence-electron chi connectivity index (χ3n) is 3.37. The lowest BCUT2D eigenvalue weighted by Gasteiger charge is -2.14. The number of anilines is 1. The van der Waals surface area contributed by atoms with Gasteiger partial charge in [0.2, 0.25) is 0 Å². The van der Waals surface area contributed by atoms with E-state index in [0.29, 0.717) is 12.5 Å². The normalized spacial score (nSPS) is 11.0. The van der Waals surface area contributed by atoms with Crippen molar-refractivity contribution in [1.29, 1.82) is 0 Å². The molecule has 136 valence electrons. The summed E-state index contributed by atoms with van der Waals surface area (Å²) in [5, 5.41) is 3.07. The summed E-state index contributed by atoms with van der Waals surface area (Å²) in [4.78, 5) is 4.40. The zero-order valence-corrected chi connectivity index (χ0v) is 17.4. The number of benzene rings is 2. The van der Waals surface area contributed by atoms with Crippen LogP contribution in [0.15, 0.2) is 47.5 Å². The van der Waals surface area contributed by atoms with Gasteiger partial charge >= 0.3 is 0 Å². The van der Waals surface area contributed by atoms with Gasteiger partial charge in [0.1, 0.15) is 11.5 Å². The minimum absolute atomic E-state index is 0. The fourth-order valence-corrected chi connectivity index (χ4v) is 2.19. The Morgan fingerprint density at radius 2 is 1.84 bits per heavy atom. The average Bonchev–Trinajstić information content (AvgIpc) is 2.54. The Morgan fingerprint density at radius 3 is 2.44 bits per heavy atom. The lowest BCUT2D eigenvalue weighted by Crippen LogP contribution is -2.22. The van der Waals surface area contributed by atoms with Gasteiger partial charge in [-0.15, -0.1) is 24.0 Å². The summed E-state index contributed by atoms with van der Waals surface area (Å²) < 4.78 is 11.0. The lowest BCUT2D eigenvalue weighted by molar-refractivity contribution is 0.240. The van der Waals surface area contributed by atoms with Crippen LogP contribution in [0.25, 0.3) is 0 Å². The van der Waals surface area contributed by atoms with Crippen molar-refractivity contribution in [3.63, 3.8) is 0 Å². The molecule has 0 saturated heterocycles. The Hall–Kier alpha value is -1.96. The molecule has 0 unspecified atom stereocenters. The van der Waals surface area contributed by atoms with Crippen molar-refractivity contribution in [1.82, 2.24) is 0 Å². The van der Waals surface area contributed by atoms with Crippen LogP contribution in [0.4, 0.5) is 5.69 Å². The van der Waals surface area contributed by atoms with E-state index >= 15 is 0 Å². The fourth-order valence-electron chi connectivity index (χ4n) is 2.19. The summed E-state index contributed by atoms with van der Waals surface area (Å²) in [6.07, 6.45) is 0.115. The number of hydrogen-bond donors (Lipinski definition) is 2. The minimum atomic E-state index is 0. The molecule has 0 aliphatic heterocycles. The van der Waals surface area contributed by atoms with Crippen LogP contribution in [0.2, 0.25) is 0 Å². The first kappa shape index (κ1) is 21.1. The molecule has 0 aromatic heterocycles. The van der Waals surface area contributed by atoms with Crippen LogP contribution >= 0.6 is 24.0 Å². The van der Waals surface area contributed by atoms with Crippen molar-refractivity contribution in [2.45, 2.75) is 33.4 Å². The molecule has 6 heteroatoms. The molecule has 0 atom stereocenters. The molecule has 0 heterocycles. The first-order valence-corrected chi connectivity index (χ1v) is 7.95. The predicted molar refractivity (Wildman–Crippen MR) is 114 cm³/mol. The Bertz CT molecular complexity index is 700. The van der Waals surface area contributed by atoms with Gasteiger partial charge < -0.3 is 20.5 Å².